The molecule has 0 aliphatic heterocycles. The lowest BCUT2D eigenvalue weighted by molar-refractivity contribution is 0.0771. The predicted octanol–water partition coefficient (Wildman–Crippen LogP) is 2.92. The van der Waals surface area contributed by atoms with Gasteiger partial charge < -0.3 is 9.32 Å². The van der Waals surface area contributed by atoms with Crippen LogP contribution in [0.5, 0.6) is 0 Å². The summed E-state index contributed by atoms with van der Waals surface area (Å²) in [5, 5.41) is 0.852. The molecule has 0 unspecified atom stereocenters. The van der Waals surface area contributed by atoms with Crippen molar-refractivity contribution in [2.24, 2.45) is 5.92 Å². The van der Waals surface area contributed by atoms with Gasteiger partial charge in [0.25, 0.3) is 5.91 Å². The number of benzene rings is 1. The van der Waals surface area contributed by atoms with Crippen LogP contribution in [0.4, 0.5) is 0 Å². The van der Waals surface area contributed by atoms with Crippen LogP contribution in [-0.2, 0) is 0 Å². The van der Waals surface area contributed by atoms with Gasteiger partial charge in [-0.1, -0.05) is 24.1 Å². The molecule has 0 bridgehead atoms. The molecule has 0 saturated heterocycles. The highest BCUT2D eigenvalue weighted by molar-refractivity contribution is 6.05. The molecule has 0 atom stereocenters. The number of nitrogens with zero attached hydrogens (tertiary/aromatic N) is 1. The fourth-order valence-electron chi connectivity index (χ4n) is 2.26. The van der Waals surface area contributed by atoms with Crippen LogP contribution >= 0.6 is 0 Å². The van der Waals surface area contributed by atoms with Gasteiger partial charge in [-0.3, -0.25) is 4.79 Å². The fraction of sp³-hybridized carbons (Fsp3) is 0.312. The Bertz CT molecular complexity index is 646. The summed E-state index contributed by atoms with van der Waals surface area (Å²) < 4.78 is 5.42. The Labute approximate surface area is 112 Å². The Morgan fingerprint density at radius 1 is 1.42 bits per heavy atom. The second kappa shape index (κ2) is 4.81. The van der Waals surface area contributed by atoms with Gasteiger partial charge in [0.15, 0.2) is 0 Å². The van der Waals surface area contributed by atoms with Crippen LogP contribution in [0.2, 0.25) is 0 Å². The standard InChI is InChI=1S/C16H15NO2/c1-2-9-17(10-12-7-8-12)16(18)14-11-19-15-6-4-3-5-13(14)15/h1,3-6,11-12H,7-10H2. The van der Waals surface area contributed by atoms with Crippen LogP contribution in [0.15, 0.2) is 34.9 Å². The highest BCUT2D eigenvalue weighted by Gasteiger charge is 2.28. The largest absolute Gasteiger partial charge is 0.463 e. The van der Waals surface area contributed by atoms with Crippen molar-refractivity contribution in [1.29, 1.82) is 0 Å². The zero-order valence-corrected chi connectivity index (χ0v) is 10.6. The first-order chi connectivity index (χ1) is 9.29. The van der Waals surface area contributed by atoms with Crippen molar-refractivity contribution in [3.05, 3.63) is 36.1 Å². The lowest BCUT2D eigenvalue weighted by atomic mass is 10.1. The van der Waals surface area contributed by atoms with Gasteiger partial charge in [-0.25, -0.2) is 0 Å². The van der Waals surface area contributed by atoms with E-state index in [4.69, 9.17) is 10.8 Å². The average molecular weight is 253 g/mol. The van der Waals surface area contributed by atoms with E-state index in [9.17, 15) is 4.79 Å². The Morgan fingerprint density at radius 3 is 2.95 bits per heavy atom. The first kappa shape index (κ1) is 11.9. The fourth-order valence-corrected chi connectivity index (χ4v) is 2.26. The maximum atomic E-state index is 12.5. The van der Waals surface area contributed by atoms with E-state index < -0.39 is 0 Å². The van der Waals surface area contributed by atoms with Crippen LogP contribution in [0, 0.1) is 18.3 Å². The molecule has 1 aromatic carbocycles. The summed E-state index contributed by atoms with van der Waals surface area (Å²) in [6.45, 7) is 1.11. The normalized spacial score (nSPS) is 14.3. The van der Waals surface area contributed by atoms with Crippen LogP contribution in [0.3, 0.4) is 0 Å². The molecule has 1 aromatic heterocycles. The molecule has 1 saturated carbocycles. The third-order valence-electron chi connectivity index (χ3n) is 3.46. The summed E-state index contributed by atoms with van der Waals surface area (Å²) >= 11 is 0. The number of rotatable bonds is 4. The molecule has 1 fully saturated rings. The Hall–Kier alpha value is -2.21. The van der Waals surface area contributed by atoms with Crippen molar-refractivity contribution in [2.45, 2.75) is 12.8 Å². The summed E-state index contributed by atoms with van der Waals surface area (Å²) in [4.78, 5) is 14.3. The summed E-state index contributed by atoms with van der Waals surface area (Å²) in [5.41, 5.74) is 1.34. The van der Waals surface area contributed by atoms with Gasteiger partial charge in [-0.15, -0.1) is 6.42 Å². The summed E-state index contributed by atoms with van der Waals surface area (Å²) in [7, 11) is 0. The van der Waals surface area contributed by atoms with Gasteiger partial charge in [-0.05, 0) is 24.8 Å². The first-order valence-electron chi connectivity index (χ1n) is 6.48. The third kappa shape index (κ3) is 2.34. The Kier molecular flexibility index (Phi) is 3.00. The summed E-state index contributed by atoms with van der Waals surface area (Å²) in [6.07, 6.45) is 9.28. The molecule has 2 aromatic rings. The van der Waals surface area contributed by atoms with Crippen LogP contribution in [0.1, 0.15) is 23.2 Å². The van der Waals surface area contributed by atoms with Gasteiger partial charge in [0, 0.05) is 11.9 Å². The molecule has 0 spiro atoms. The van der Waals surface area contributed by atoms with E-state index in [1.807, 2.05) is 24.3 Å². The van der Waals surface area contributed by atoms with Gasteiger partial charge in [0.2, 0.25) is 0 Å². The predicted molar refractivity (Wildman–Crippen MR) is 73.7 cm³/mol. The van der Waals surface area contributed by atoms with E-state index in [-0.39, 0.29) is 5.91 Å². The van der Waals surface area contributed by atoms with E-state index >= 15 is 0 Å². The number of hydrogen-bond donors (Lipinski definition) is 0. The molecule has 3 heteroatoms. The van der Waals surface area contributed by atoms with Crippen molar-refractivity contribution in [2.75, 3.05) is 13.1 Å². The third-order valence-corrected chi connectivity index (χ3v) is 3.46. The maximum Gasteiger partial charge on any atom is 0.258 e. The quantitative estimate of drug-likeness (QED) is 0.785. The molecule has 1 amide bonds. The van der Waals surface area contributed by atoms with E-state index in [0.29, 0.717) is 18.0 Å². The lowest BCUT2D eigenvalue weighted by Crippen LogP contribution is -2.33. The minimum atomic E-state index is -0.0326. The zero-order valence-electron chi connectivity index (χ0n) is 10.6. The van der Waals surface area contributed by atoms with Gasteiger partial charge in [-0.2, -0.15) is 0 Å². The molecule has 96 valence electrons. The second-order valence-electron chi connectivity index (χ2n) is 4.98. The molecule has 3 rings (SSSR count). The van der Waals surface area contributed by atoms with E-state index in [1.54, 1.807) is 4.90 Å². The second-order valence-corrected chi connectivity index (χ2v) is 4.98. The highest BCUT2D eigenvalue weighted by Crippen LogP contribution is 2.30. The molecular formula is C16H15NO2. The summed E-state index contributed by atoms with van der Waals surface area (Å²) in [5.74, 6) is 3.15. The minimum Gasteiger partial charge on any atom is -0.463 e. The molecular weight excluding hydrogens is 238 g/mol. The molecule has 1 heterocycles. The number of furan rings is 1. The average Bonchev–Trinajstić information content (AvgIpc) is 3.14. The molecule has 1 aliphatic carbocycles. The number of para-hydroxylation sites is 1. The van der Waals surface area contributed by atoms with E-state index in [2.05, 4.69) is 5.92 Å². The van der Waals surface area contributed by atoms with Crippen LogP contribution in [0.25, 0.3) is 11.0 Å². The van der Waals surface area contributed by atoms with Crippen molar-refractivity contribution >= 4 is 16.9 Å². The molecule has 1 aliphatic rings. The number of carbonyl (C=O) groups is 1. The van der Waals surface area contributed by atoms with Gasteiger partial charge >= 0.3 is 0 Å². The Balaban J connectivity index is 1.90. The van der Waals surface area contributed by atoms with Crippen LogP contribution < -0.4 is 0 Å². The van der Waals surface area contributed by atoms with Crippen molar-refractivity contribution < 1.29 is 9.21 Å². The maximum absolute atomic E-state index is 12.5. The first-order valence-corrected chi connectivity index (χ1v) is 6.48. The van der Waals surface area contributed by atoms with Crippen molar-refractivity contribution in [3.8, 4) is 12.3 Å². The lowest BCUT2D eigenvalue weighted by Gasteiger charge is -2.19. The number of carbonyl (C=O) groups excluding carboxylic acids is 1. The molecule has 19 heavy (non-hydrogen) atoms. The monoisotopic (exact) mass is 253 g/mol. The van der Waals surface area contributed by atoms with Crippen LogP contribution in [-0.4, -0.2) is 23.9 Å². The zero-order chi connectivity index (χ0) is 13.2. The number of fused-ring (bicyclic) bond motifs is 1. The number of amides is 1. The molecule has 3 nitrogen and oxygen atoms in total. The summed E-state index contributed by atoms with van der Waals surface area (Å²) in [6, 6.07) is 7.56. The minimum absolute atomic E-state index is 0.0326. The smallest absolute Gasteiger partial charge is 0.258 e. The number of hydrogen-bond acceptors (Lipinski definition) is 2. The topological polar surface area (TPSA) is 33.5 Å². The Morgan fingerprint density at radius 2 is 2.21 bits per heavy atom. The van der Waals surface area contributed by atoms with E-state index in [1.165, 1.54) is 19.1 Å². The molecule has 0 radical (unpaired) electrons. The van der Waals surface area contributed by atoms with Gasteiger partial charge in [0.05, 0.1) is 12.1 Å². The van der Waals surface area contributed by atoms with Crippen molar-refractivity contribution in [1.82, 2.24) is 4.90 Å². The SMILES string of the molecule is C#CCN(CC1CC1)C(=O)c1coc2ccccc12. The molecule has 0 N–H and O–H groups in total. The number of terminal acetylenes is 1. The van der Waals surface area contributed by atoms with E-state index in [0.717, 1.165) is 17.5 Å². The highest BCUT2D eigenvalue weighted by atomic mass is 16.3. The van der Waals surface area contributed by atoms with Gasteiger partial charge in [0.1, 0.15) is 11.8 Å². The van der Waals surface area contributed by atoms with Crippen molar-refractivity contribution in [3.63, 3.8) is 0 Å².